The molecule has 0 bridgehead atoms. The van der Waals surface area contributed by atoms with E-state index in [1.165, 1.54) is 25.7 Å². The molecule has 1 N–H and O–H groups in total. The van der Waals surface area contributed by atoms with Crippen LogP contribution < -0.4 is 10.2 Å². The minimum absolute atomic E-state index is 0.0881. The van der Waals surface area contributed by atoms with Crippen molar-refractivity contribution in [2.75, 3.05) is 18.0 Å². The zero-order valence-corrected chi connectivity index (χ0v) is 12.1. The van der Waals surface area contributed by atoms with Crippen LogP contribution in [0.3, 0.4) is 0 Å². The van der Waals surface area contributed by atoms with E-state index in [-0.39, 0.29) is 5.82 Å². The van der Waals surface area contributed by atoms with Crippen molar-refractivity contribution in [1.82, 2.24) is 5.32 Å². The summed E-state index contributed by atoms with van der Waals surface area (Å²) in [6.07, 6.45) is 5.09. The second-order valence-corrected chi connectivity index (χ2v) is 5.24. The van der Waals surface area contributed by atoms with Gasteiger partial charge in [0.1, 0.15) is 5.82 Å². The first-order valence-electron chi connectivity index (χ1n) is 7.52. The molecule has 0 heterocycles. The summed E-state index contributed by atoms with van der Waals surface area (Å²) in [5.74, 6) is -0.0881. The number of rotatable bonds is 6. The number of hydrogen-bond acceptors (Lipinski definition) is 2. The van der Waals surface area contributed by atoms with Gasteiger partial charge in [0, 0.05) is 30.4 Å². The van der Waals surface area contributed by atoms with Crippen LogP contribution in [0.4, 0.5) is 10.1 Å². The summed E-state index contributed by atoms with van der Waals surface area (Å²) >= 11 is 0. The maximum absolute atomic E-state index is 14.1. The fourth-order valence-electron chi connectivity index (χ4n) is 3.08. The highest BCUT2D eigenvalue weighted by atomic mass is 19.1. The number of halogens is 1. The molecule has 1 aromatic carbocycles. The van der Waals surface area contributed by atoms with Crippen LogP contribution in [-0.2, 0) is 6.54 Å². The van der Waals surface area contributed by atoms with Crippen molar-refractivity contribution in [1.29, 1.82) is 0 Å². The van der Waals surface area contributed by atoms with Crippen LogP contribution >= 0.6 is 0 Å². The average Bonchev–Trinajstić information content (AvgIpc) is 2.93. The van der Waals surface area contributed by atoms with Crippen molar-refractivity contribution in [3.05, 3.63) is 29.6 Å². The van der Waals surface area contributed by atoms with Gasteiger partial charge < -0.3 is 10.2 Å². The molecule has 2 nitrogen and oxygen atoms in total. The van der Waals surface area contributed by atoms with Gasteiger partial charge in [-0.05, 0) is 38.4 Å². The van der Waals surface area contributed by atoms with E-state index in [0.717, 1.165) is 24.3 Å². The number of nitrogens with one attached hydrogen (secondary N) is 1. The molecule has 1 aliphatic carbocycles. The van der Waals surface area contributed by atoms with Gasteiger partial charge in [-0.2, -0.15) is 0 Å². The van der Waals surface area contributed by atoms with Crippen molar-refractivity contribution in [3.8, 4) is 0 Å². The number of hydrogen-bond donors (Lipinski definition) is 1. The molecule has 0 radical (unpaired) electrons. The molecule has 106 valence electrons. The maximum atomic E-state index is 14.1. The number of nitrogens with zero attached hydrogens (tertiary/aromatic N) is 1. The van der Waals surface area contributed by atoms with Gasteiger partial charge in [-0.3, -0.25) is 0 Å². The molecule has 1 saturated carbocycles. The molecular weight excluding hydrogens is 239 g/mol. The molecule has 0 spiro atoms. The van der Waals surface area contributed by atoms with E-state index >= 15 is 0 Å². The quantitative estimate of drug-likeness (QED) is 0.842. The van der Waals surface area contributed by atoms with Crippen LogP contribution in [0, 0.1) is 5.82 Å². The van der Waals surface area contributed by atoms with E-state index in [0.29, 0.717) is 12.6 Å². The van der Waals surface area contributed by atoms with E-state index in [9.17, 15) is 4.39 Å². The summed E-state index contributed by atoms with van der Waals surface area (Å²) in [6.45, 7) is 6.65. The molecule has 0 saturated heterocycles. The van der Waals surface area contributed by atoms with Crippen molar-refractivity contribution in [3.63, 3.8) is 0 Å². The predicted molar refractivity (Wildman–Crippen MR) is 79.1 cm³/mol. The maximum Gasteiger partial charge on any atom is 0.129 e. The zero-order valence-electron chi connectivity index (χ0n) is 12.1. The smallest absolute Gasteiger partial charge is 0.129 e. The Kier molecular flexibility index (Phi) is 5.20. The highest BCUT2D eigenvalue weighted by Crippen LogP contribution is 2.31. The standard InChI is InChI=1S/C16H25FN2/c1-3-18-12-14-15(17)10-7-11-16(14)19(4-2)13-8-5-6-9-13/h7,10-11,13,18H,3-6,8-9,12H2,1-2H3. The second kappa shape index (κ2) is 6.90. The highest BCUT2D eigenvalue weighted by molar-refractivity contribution is 5.55. The summed E-state index contributed by atoms with van der Waals surface area (Å²) in [6, 6.07) is 6.06. The molecule has 1 fully saturated rings. The first-order valence-corrected chi connectivity index (χ1v) is 7.52. The summed E-state index contributed by atoms with van der Waals surface area (Å²) in [4.78, 5) is 2.39. The molecule has 3 heteroatoms. The van der Waals surface area contributed by atoms with Crippen LogP contribution in [0.5, 0.6) is 0 Å². The van der Waals surface area contributed by atoms with E-state index < -0.39 is 0 Å². The van der Waals surface area contributed by atoms with Crippen LogP contribution in [0.15, 0.2) is 18.2 Å². The lowest BCUT2D eigenvalue weighted by atomic mass is 10.1. The molecule has 0 aliphatic heterocycles. The zero-order chi connectivity index (χ0) is 13.7. The third-order valence-corrected chi connectivity index (χ3v) is 4.06. The molecule has 19 heavy (non-hydrogen) atoms. The Bertz CT molecular complexity index is 400. The summed E-state index contributed by atoms with van der Waals surface area (Å²) in [7, 11) is 0. The van der Waals surface area contributed by atoms with Crippen molar-refractivity contribution < 1.29 is 4.39 Å². The summed E-state index contributed by atoms with van der Waals surface area (Å²) < 4.78 is 14.1. The highest BCUT2D eigenvalue weighted by Gasteiger charge is 2.24. The first-order chi connectivity index (χ1) is 9.27. The van der Waals surface area contributed by atoms with Gasteiger partial charge in [0.2, 0.25) is 0 Å². The summed E-state index contributed by atoms with van der Waals surface area (Å²) in [5.41, 5.74) is 1.90. The molecule has 2 rings (SSSR count). The van der Waals surface area contributed by atoms with Gasteiger partial charge in [-0.1, -0.05) is 25.8 Å². The topological polar surface area (TPSA) is 15.3 Å². The molecule has 0 atom stereocenters. The van der Waals surface area contributed by atoms with Gasteiger partial charge in [0.15, 0.2) is 0 Å². The predicted octanol–water partition coefficient (Wildman–Crippen LogP) is 3.70. The molecule has 1 aliphatic rings. The van der Waals surface area contributed by atoms with Crippen molar-refractivity contribution in [2.45, 2.75) is 52.1 Å². The van der Waals surface area contributed by atoms with E-state index in [1.807, 2.05) is 6.07 Å². The Labute approximate surface area is 116 Å². The van der Waals surface area contributed by atoms with E-state index in [1.54, 1.807) is 6.07 Å². The molecular formula is C16H25FN2. The SMILES string of the molecule is CCNCc1c(F)cccc1N(CC)C1CCCC1. The fourth-order valence-corrected chi connectivity index (χ4v) is 3.08. The molecule has 0 unspecified atom stereocenters. The minimum atomic E-state index is -0.0881. The monoisotopic (exact) mass is 264 g/mol. The van der Waals surface area contributed by atoms with Crippen LogP contribution in [-0.4, -0.2) is 19.1 Å². The van der Waals surface area contributed by atoms with Gasteiger partial charge >= 0.3 is 0 Å². The van der Waals surface area contributed by atoms with E-state index in [4.69, 9.17) is 0 Å². The fraction of sp³-hybridized carbons (Fsp3) is 0.625. The van der Waals surface area contributed by atoms with Crippen LogP contribution in [0.1, 0.15) is 45.1 Å². The third-order valence-electron chi connectivity index (χ3n) is 4.06. The van der Waals surface area contributed by atoms with Crippen LogP contribution in [0.2, 0.25) is 0 Å². The lowest BCUT2D eigenvalue weighted by Crippen LogP contribution is -2.34. The molecule has 1 aromatic rings. The Hall–Kier alpha value is -1.09. The minimum Gasteiger partial charge on any atom is -0.368 e. The van der Waals surface area contributed by atoms with Crippen molar-refractivity contribution in [2.24, 2.45) is 0 Å². The van der Waals surface area contributed by atoms with Gasteiger partial charge in [-0.25, -0.2) is 4.39 Å². The van der Waals surface area contributed by atoms with Gasteiger partial charge in [0.25, 0.3) is 0 Å². The Morgan fingerprint density at radius 3 is 2.63 bits per heavy atom. The Balaban J connectivity index is 2.27. The number of benzene rings is 1. The Morgan fingerprint density at radius 2 is 2.00 bits per heavy atom. The average molecular weight is 264 g/mol. The Morgan fingerprint density at radius 1 is 1.26 bits per heavy atom. The lowest BCUT2D eigenvalue weighted by Gasteiger charge is -2.32. The largest absolute Gasteiger partial charge is 0.368 e. The van der Waals surface area contributed by atoms with E-state index in [2.05, 4.69) is 30.1 Å². The third kappa shape index (κ3) is 3.27. The first kappa shape index (κ1) is 14.3. The second-order valence-electron chi connectivity index (χ2n) is 5.24. The number of anilines is 1. The normalized spacial score (nSPS) is 15.9. The van der Waals surface area contributed by atoms with Crippen molar-refractivity contribution >= 4 is 5.69 Å². The van der Waals surface area contributed by atoms with Gasteiger partial charge in [0.05, 0.1) is 0 Å². The molecule has 0 aromatic heterocycles. The van der Waals surface area contributed by atoms with Gasteiger partial charge in [-0.15, -0.1) is 0 Å². The summed E-state index contributed by atoms with van der Waals surface area (Å²) in [5, 5.41) is 3.25. The molecule has 0 amide bonds. The van der Waals surface area contributed by atoms with Crippen LogP contribution in [0.25, 0.3) is 0 Å². The lowest BCUT2D eigenvalue weighted by molar-refractivity contribution is 0.578.